The van der Waals surface area contributed by atoms with Gasteiger partial charge in [-0.3, -0.25) is 9.69 Å². The van der Waals surface area contributed by atoms with Gasteiger partial charge in [0, 0.05) is 24.6 Å². The van der Waals surface area contributed by atoms with Crippen molar-refractivity contribution in [1.82, 2.24) is 4.90 Å². The zero-order chi connectivity index (χ0) is 15.2. The Kier molecular flexibility index (Phi) is 5.92. The summed E-state index contributed by atoms with van der Waals surface area (Å²) in [6.45, 7) is 5.83. The molecule has 1 aliphatic rings. The van der Waals surface area contributed by atoms with E-state index in [1.165, 1.54) is 31.7 Å². The highest BCUT2D eigenvalue weighted by Crippen LogP contribution is 2.20. The Balaban J connectivity index is 1.94. The van der Waals surface area contributed by atoms with Crippen LogP contribution >= 0.6 is 0 Å². The van der Waals surface area contributed by atoms with Crippen LogP contribution in [0, 0.1) is 12.7 Å². The summed E-state index contributed by atoms with van der Waals surface area (Å²) >= 11 is 0. The molecule has 1 aromatic carbocycles. The van der Waals surface area contributed by atoms with Crippen molar-refractivity contribution in [3.63, 3.8) is 0 Å². The zero-order valence-corrected chi connectivity index (χ0v) is 13.2. The number of rotatable bonds is 5. The monoisotopic (exact) mass is 291 g/mol. The summed E-state index contributed by atoms with van der Waals surface area (Å²) < 4.78 is 13.5. The second-order valence-corrected chi connectivity index (χ2v) is 6.08. The number of aryl methyl sites for hydroxylation is 1. The molecule has 0 N–H and O–H groups in total. The first-order chi connectivity index (χ1) is 10.1. The molecule has 3 heteroatoms. The van der Waals surface area contributed by atoms with E-state index in [0.29, 0.717) is 23.6 Å². The molecule has 21 heavy (non-hydrogen) atoms. The van der Waals surface area contributed by atoms with Crippen molar-refractivity contribution in [2.45, 2.75) is 58.4 Å². The van der Waals surface area contributed by atoms with E-state index in [-0.39, 0.29) is 11.6 Å². The minimum atomic E-state index is -0.290. The molecule has 2 nitrogen and oxygen atoms in total. The van der Waals surface area contributed by atoms with Crippen LogP contribution in [0.3, 0.4) is 0 Å². The molecule has 1 saturated heterocycles. The first kappa shape index (κ1) is 16.2. The van der Waals surface area contributed by atoms with E-state index in [1.54, 1.807) is 19.1 Å². The Bertz CT molecular complexity index is 486. The van der Waals surface area contributed by atoms with Crippen molar-refractivity contribution in [1.29, 1.82) is 0 Å². The molecule has 2 rings (SSSR count). The van der Waals surface area contributed by atoms with Gasteiger partial charge in [0.25, 0.3) is 0 Å². The topological polar surface area (TPSA) is 20.3 Å². The van der Waals surface area contributed by atoms with E-state index < -0.39 is 0 Å². The number of benzene rings is 1. The van der Waals surface area contributed by atoms with Crippen LogP contribution in [0.1, 0.15) is 61.4 Å². The average molecular weight is 291 g/mol. The highest BCUT2D eigenvalue weighted by Gasteiger charge is 2.20. The van der Waals surface area contributed by atoms with E-state index in [1.807, 2.05) is 0 Å². The van der Waals surface area contributed by atoms with Crippen molar-refractivity contribution >= 4 is 5.78 Å². The predicted molar refractivity (Wildman–Crippen MR) is 84.2 cm³/mol. The Morgan fingerprint density at radius 2 is 2.14 bits per heavy atom. The molecule has 1 aliphatic heterocycles. The highest BCUT2D eigenvalue weighted by molar-refractivity contribution is 5.96. The van der Waals surface area contributed by atoms with Crippen molar-refractivity contribution in [3.05, 3.63) is 35.1 Å². The van der Waals surface area contributed by atoms with Crippen LogP contribution in [0.5, 0.6) is 0 Å². The lowest BCUT2D eigenvalue weighted by Gasteiger charge is -2.28. The predicted octanol–water partition coefficient (Wildman–Crippen LogP) is 4.36. The van der Waals surface area contributed by atoms with Gasteiger partial charge in [-0.15, -0.1) is 0 Å². The average Bonchev–Trinajstić information content (AvgIpc) is 2.72. The number of nitrogens with zero attached hydrogens (tertiary/aromatic N) is 1. The Labute approximate surface area is 127 Å². The van der Waals surface area contributed by atoms with Gasteiger partial charge in [-0.1, -0.05) is 31.9 Å². The summed E-state index contributed by atoms with van der Waals surface area (Å²) in [6.07, 6.45) is 6.69. The summed E-state index contributed by atoms with van der Waals surface area (Å²) in [5, 5.41) is 0. The molecule has 0 radical (unpaired) electrons. The van der Waals surface area contributed by atoms with Gasteiger partial charge in [-0.25, -0.2) is 4.39 Å². The summed E-state index contributed by atoms with van der Waals surface area (Å²) in [6, 6.07) is 5.40. The summed E-state index contributed by atoms with van der Waals surface area (Å²) in [5.41, 5.74) is 1.09. The van der Waals surface area contributed by atoms with Crippen LogP contribution in [-0.4, -0.2) is 29.8 Å². The quantitative estimate of drug-likeness (QED) is 0.751. The zero-order valence-electron chi connectivity index (χ0n) is 13.2. The molecule has 0 aliphatic carbocycles. The van der Waals surface area contributed by atoms with Gasteiger partial charge in [-0.2, -0.15) is 0 Å². The lowest BCUT2D eigenvalue weighted by molar-refractivity contribution is 0.0948. The van der Waals surface area contributed by atoms with Crippen LogP contribution in [0.25, 0.3) is 0 Å². The van der Waals surface area contributed by atoms with Crippen molar-refractivity contribution in [3.8, 4) is 0 Å². The normalized spacial score (nSPS) is 20.2. The van der Waals surface area contributed by atoms with E-state index in [9.17, 15) is 9.18 Å². The maximum absolute atomic E-state index is 13.5. The van der Waals surface area contributed by atoms with Crippen LogP contribution in [0.4, 0.5) is 4.39 Å². The molecule has 1 fully saturated rings. The van der Waals surface area contributed by atoms with Crippen molar-refractivity contribution in [2.24, 2.45) is 0 Å². The molecule has 1 aromatic rings. The number of hydrogen-bond acceptors (Lipinski definition) is 2. The first-order valence-electron chi connectivity index (χ1n) is 8.15. The Hall–Kier alpha value is -1.22. The smallest absolute Gasteiger partial charge is 0.164 e. The third kappa shape index (κ3) is 4.37. The Morgan fingerprint density at radius 1 is 1.33 bits per heavy atom. The van der Waals surface area contributed by atoms with Crippen molar-refractivity contribution < 1.29 is 9.18 Å². The van der Waals surface area contributed by atoms with Crippen LogP contribution < -0.4 is 0 Å². The van der Waals surface area contributed by atoms with Gasteiger partial charge in [-0.05, 0) is 44.4 Å². The van der Waals surface area contributed by atoms with Crippen LogP contribution in [0.2, 0.25) is 0 Å². The van der Waals surface area contributed by atoms with Gasteiger partial charge in [0.05, 0.1) is 0 Å². The lowest BCUT2D eigenvalue weighted by Crippen LogP contribution is -2.36. The summed E-state index contributed by atoms with van der Waals surface area (Å²) in [7, 11) is 0. The standard InChI is InChI=1S/C18H26FNO/c1-3-16-7-5-4-6-11-20(16)12-10-18(21)15-9-8-14(2)17(19)13-15/h8-9,13,16H,3-7,10-12H2,1-2H3. The van der Waals surface area contributed by atoms with Gasteiger partial charge in [0.1, 0.15) is 5.82 Å². The van der Waals surface area contributed by atoms with E-state index >= 15 is 0 Å². The molecule has 0 saturated carbocycles. The molecule has 0 bridgehead atoms. The van der Waals surface area contributed by atoms with Crippen LogP contribution in [-0.2, 0) is 0 Å². The molecule has 116 valence electrons. The van der Waals surface area contributed by atoms with E-state index in [4.69, 9.17) is 0 Å². The number of likely N-dealkylation sites (tertiary alicyclic amines) is 1. The number of ketones is 1. The van der Waals surface area contributed by atoms with Gasteiger partial charge in [0.15, 0.2) is 5.78 Å². The molecule has 1 heterocycles. The molecule has 0 aromatic heterocycles. The fourth-order valence-corrected chi connectivity index (χ4v) is 3.15. The maximum Gasteiger partial charge on any atom is 0.164 e. The molecule has 1 atom stereocenters. The molecule has 1 unspecified atom stereocenters. The maximum atomic E-state index is 13.5. The second-order valence-electron chi connectivity index (χ2n) is 6.08. The molecule has 0 amide bonds. The SMILES string of the molecule is CCC1CCCCCN1CCC(=O)c1ccc(C)c(F)c1. The second kappa shape index (κ2) is 7.69. The molecular weight excluding hydrogens is 265 g/mol. The summed E-state index contributed by atoms with van der Waals surface area (Å²) in [4.78, 5) is 14.7. The minimum absolute atomic E-state index is 0.0491. The Morgan fingerprint density at radius 3 is 2.86 bits per heavy atom. The largest absolute Gasteiger partial charge is 0.300 e. The number of halogens is 1. The number of hydrogen-bond donors (Lipinski definition) is 0. The summed E-state index contributed by atoms with van der Waals surface area (Å²) in [5.74, 6) is -0.241. The number of Topliss-reactive ketones (excluding diaryl/α,β-unsaturated/α-hetero) is 1. The number of carbonyl (C=O) groups is 1. The number of carbonyl (C=O) groups excluding carboxylic acids is 1. The van der Waals surface area contributed by atoms with Gasteiger partial charge >= 0.3 is 0 Å². The fourth-order valence-electron chi connectivity index (χ4n) is 3.15. The molecule has 0 spiro atoms. The van der Waals surface area contributed by atoms with Crippen molar-refractivity contribution in [2.75, 3.05) is 13.1 Å². The third-order valence-corrected chi connectivity index (χ3v) is 4.59. The van der Waals surface area contributed by atoms with E-state index in [2.05, 4.69) is 11.8 Å². The highest BCUT2D eigenvalue weighted by atomic mass is 19.1. The third-order valence-electron chi connectivity index (χ3n) is 4.59. The molecular formula is C18H26FNO. The lowest BCUT2D eigenvalue weighted by atomic mass is 10.0. The fraction of sp³-hybridized carbons (Fsp3) is 0.611. The van der Waals surface area contributed by atoms with Crippen LogP contribution in [0.15, 0.2) is 18.2 Å². The van der Waals surface area contributed by atoms with Gasteiger partial charge in [0.2, 0.25) is 0 Å². The van der Waals surface area contributed by atoms with Gasteiger partial charge < -0.3 is 0 Å². The first-order valence-corrected chi connectivity index (χ1v) is 8.15. The van der Waals surface area contributed by atoms with E-state index in [0.717, 1.165) is 19.5 Å². The minimum Gasteiger partial charge on any atom is -0.300 e.